The number of rotatable bonds is 5. The van der Waals surface area contributed by atoms with Gasteiger partial charge in [-0.1, -0.05) is 159 Å². The van der Waals surface area contributed by atoms with Crippen LogP contribution in [0, 0.1) is 0 Å². The molecular formula is C59H38N2O2. The van der Waals surface area contributed by atoms with Crippen molar-refractivity contribution in [1.29, 1.82) is 0 Å². The van der Waals surface area contributed by atoms with E-state index in [9.17, 15) is 0 Å². The number of furan rings is 2. The van der Waals surface area contributed by atoms with E-state index < -0.39 is 0 Å². The van der Waals surface area contributed by atoms with Crippen LogP contribution in [0.3, 0.4) is 0 Å². The highest BCUT2D eigenvalue weighted by Gasteiger charge is 2.37. The van der Waals surface area contributed by atoms with Gasteiger partial charge in [0.1, 0.15) is 22.3 Å². The van der Waals surface area contributed by atoms with Crippen molar-refractivity contribution in [2.45, 2.75) is 19.3 Å². The topological polar surface area (TPSA) is 52.1 Å². The Morgan fingerprint density at radius 1 is 0.365 bits per heavy atom. The summed E-state index contributed by atoms with van der Waals surface area (Å²) in [6.45, 7) is 4.71. The molecule has 0 bridgehead atoms. The maximum atomic E-state index is 6.55. The molecule has 3 heterocycles. The number of para-hydroxylation sites is 1. The van der Waals surface area contributed by atoms with Gasteiger partial charge in [0.25, 0.3) is 0 Å². The standard InChI is InChI=1S/C59H38N2O2/c1-59(2)48-26-13-25-44(56(48)46-30-36-17-6-7-18-37(36)31-49(46)59)41-21-8-9-22-42(41)51-34-50(60-58(61-51)35-15-4-3-5-16-35)39-20-12-19-38(29-39)40-24-14-28-53-57(40)47-33-54-45(32-55(47)63-53)43-23-10-11-27-52(43)62-54/h3-34H,1-2H3. The zero-order valence-corrected chi connectivity index (χ0v) is 34.7. The quantitative estimate of drug-likeness (QED) is 0.174. The van der Waals surface area contributed by atoms with Crippen molar-refractivity contribution < 1.29 is 8.83 Å². The third-order valence-electron chi connectivity index (χ3n) is 13.3. The van der Waals surface area contributed by atoms with Crippen LogP contribution in [0.15, 0.2) is 203 Å². The lowest BCUT2D eigenvalue weighted by Gasteiger charge is -2.22. The van der Waals surface area contributed by atoms with Crippen molar-refractivity contribution in [2.24, 2.45) is 0 Å². The third kappa shape index (κ3) is 5.48. The molecule has 1 aliphatic rings. The average molecular weight is 807 g/mol. The van der Waals surface area contributed by atoms with Gasteiger partial charge in [0.2, 0.25) is 0 Å². The highest BCUT2D eigenvalue weighted by atomic mass is 16.3. The molecule has 9 aromatic carbocycles. The number of nitrogens with zero attached hydrogens (tertiary/aromatic N) is 2. The fraction of sp³-hybridized carbons (Fsp3) is 0.0508. The minimum Gasteiger partial charge on any atom is -0.456 e. The first-order valence-electron chi connectivity index (χ1n) is 21.5. The first-order valence-corrected chi connectivity index (χ1v) is 21.5. The molecule has 0 saturated heterocycles. The second-order valence-corrected chi connectivity index (χ2v) is 17.3. The van der Waals surface area contributed by atoms with Gasteiger partial charge in [0.05, 0.1) is 11.4 Å². The molecular weight excluding hydrogens is 769 g/mol. The van der Waals surface area contributed by atoms with Crippen LogP contribution in [0.2, 0.25) is 0 Å². The molecule has 0 atom stereocenters. The molecule has 0 spiro atoms. The molecule has 3 aromatic heterocycles. The van der Waals surface area contributed by atoms with Gasteiger partial charge in [0.15, 0.2) is 5.82 Å². The summed E-state index contributed by atoms with van der Waals surface area (Å²) in [4.78, 5) is 10.6. The first kappa shape index (κ1) is 35.7. The van der Waals surface area contributed by atoms with Gasteiger partial charge in [0, 0.05) is 43.7 Å². The van der Waals surface area contributed by atoms with Crippen LogP contribution in [0.5, 0.6) is 0 Å². The molecule has 0 amide bonds. The smallest absolute Gasteiger partial charge is 0.160 e. The second-order valence-electron chi connectivity index (χ2n) is 17.3. The summed E-state index contributed by atoms with van der Waals surface area (Å²) in [7, 11) is 0. The number of aromatic nitrogens is 2. The van der Waals surface area contributed by atoms with Gasteiger partial charge >= 0.3 is 0 Å². The zero-order valence-electron chi connectivity index (χ0n) is 34.7. The van der Waals surface area contributed by atoms with Crippen LogP contribution >= 0.6 is 0 Å². The minimum atomic E-state index is -0.153. The summed E-state index contributed by atoms with van der Waals surface area (Å²) >= 11 is 0. The van der Waals surface area contributed by atoms with Crippen molar-refractivity contribution in [3.8, 4) is 67.3 Å². The van der Waals surface area contributed by atoms with E-state index in [4.69, 9.17) is 18.8 Å². The number of hydrogen-bond acceptors (Lipinski definition) is 4. The van der Waals surface area contributed by atoms with Crippen LogP contribution in [-0.4, -0.2) is 9.97 Å². The Bertz CT molecular complexity index is 3830. The summed E-state index contributed by atoms with van der Waals surface area (Å²) in [6, 6.07) is 68.8. The lowest BCUT2D eigenvalue weighted by atomic mass is 9.81. The van der Waals surface area contributed by atoms with Gasteiger partial charge in [-0.25, -0.2) is 9.97 Å². The summed E-state index contributed by atoms with van der Waals surface area (Å²) in [5.41, 5.74) is 17.8. The molecule has 13 rings (SSSR count). The van der Waals surface area contributed by atoms with Crippen molar-refractivity contribution in [2.75, 3.05) is 0 Å². The van der Waals surface area contributed by atoms with E-state index >= 15 is 0 Å². The molecule has 0 saturated carbocycles. The Labute approximate surface area is 363 Å². The number of hydrogen-bond donors (Lipinski definition) is 0. The predicted molar refractivity (Wildman–Crippen MR) is 259 cm³/mol. The van der Waals surface area contributed by atoms with Crippen LogP contribution < -0.4 is 0 Å². The zero-order chi connectivity index (χ0) is 41.8. The molecule has 0 N–H and O–H groups in total. The van der Waals surface area contributed by atoms with Crippen molar-refractivity contribution in [3.63, 3.8) is 0 Å². The predicted octanol–water partition coefficient (Wildman–Crippen LogP) is 16.1. The van der Waals surface area contributed by atoms with E-state index in [2.05, 4.69) is 166 Å². The molecule has 1 aliphatic carbocycles. The van der Waals surface area contributed by atoms with Gasteiger partial charge in [-0.3, -0.25) is 0 Å². The van der Waals surface area contributed by atoms with E-state index in [-0.39, 0.29) is 5.41 Å². The van der Waals surface area contributed by atoms with Gasteiger partial charge in [-0.05, 0) is 104 Å². The number of fused-ring (bicyclic) bond motifs is 10. The summed E-state index contributed by atoms with van der Waals surface area (Å²) in [5, 5.41) is 6.73. The molecule has 12 aromatic rings. The molecule has 296 valence electrons. The van der Waals surface area contributed by atoms with Crippen LogP contribution in [0.4, 0.5) is 0 Å². The molecule has 63 heavy (non-hydrogen) atoms. The molecule has 0 aliphatic heterocycles. The van der Waals surface area contributed by atoms with E-state index in [1.165, 1.54) is 38.6 Å². The minimum absolute atomic E-state index is 0.153. The van der Waals surface area contributed by atoms with E-state index in [0.717, 1.165) is 88.6 Å². The monoisotopic (exact) mass is 806 g/mol. The highest BCUT2D eigenvalue weighted by Crippen LogP contribution is 2.54. The van der Waals surface area contributed by atoms with Crippen LogP contribution in [0.1, 0.15) is 25.0 Å². The summed E-state index contributed by atoms with van der Waals surface area (Å²) < 4.78 is 12.9. The van der Waals surface area contributed by atoms with E-state index in [0.29, 0.717) is 5.82 Å². The van der Waals surface area contributed by atoms with Gasteiger partial charge in [-0.15, -0.1) is 0 Å². The molecule has 0 unspecified atom stereocenters. The van der Waals surface area contributed by atoms with Crippen LogP contribution in [0.25, 0.3) is 122 Å². The molecule has 4 nitrogen and oxygen atoms in total. The third-order valence-corrected chi connectivity index (χ3v) is 13.3. The van der Waals surface area contributed by atoms with Gasteiger partial charge in [-0.2, -0.15) is 0 Å². The maximum absolute atomic E-state index is 6.55. The molecule has 0 radical (unpaired) electrons. The Hall–Kier alpha value is -8.08. The Kier molecular flexibility index (Phi) is 7.62. The molecule has 0 fully saturated rings. The van der Waals surface area contributed by atoms with Crippen molar-refractivity contribution in [1.82, 2.24) is 9.97 Å². The van der Waals surface area contributed by atoms with Crippen molar-refractivity contribution in [3.05, 3.63) is 205 Å². The highest BCUT2D eigenvalue weighted by molar-refractivity contribution is 6.18. The number of benzene rings is 9. The lowest BCUT2D eigenvalue weighted by molar-refractivity contribution is 0.661. The first-order chi connectivity index (χ1) is 31.0. The normalized spacial score (nSPS) is 13.0. The Morgan fingerprint density at radius 2 is 0.984 bits per heavy atom. The van der Waals surface area contributed by atoms with E-state index in [1.54, 1.807) is 0 Å². The Morgan fingerprint density at radius 3 is 1.87 bits per heavy atom. The fourth-order valence-electron chi connectivity index (χ4n) is 10.2. The fourth-order valence-corrected chi connectivity index (χ4v) is 10.2. The molecule has 4 heteroatoms. The SMILES string of the molecule is CC1(C)c2cc3ccccc3cc2-c2c(-c3ccccc3-c3cc(-c4cccc(-c5cccc6oc7cc8c(cc7c56)oc5ccccc58)c4)nc(-c4ccccc4)n3)cccc21. The van der Waals surface area contributed by atoms with E-state index in [1.807, 2.05) is 42.5 Å². The maximum Gasteiger partial charge on any atom is 0.160 e. The lowest BCUT2D eigenvalue weighted by Crippen LogP contribution is -2.14. The van der Waals surface area contributed by atoms with Gasteiger partial charge < -0.3 is 8.83 Å². The summed E-state index contributed by atoms with van der Waals surface area (Å²) in [6.07, 6.45) is 0. The van der Waals surface area contributed by atoms with Crippen LogP contribution in [-0.2, 0) is 5.41 Å². The Balaban J connectivity index is 0.981. The largest absolute Gasteiger partial charge is 0.456 e. The van der Waals surface area contributed by atoms with Crippen molar-refractivity contribution >= 4 is 54.6 Å². The average Bonchev–Trinajstić information content (AvgIpc) is 3.96. The second kappa shape index (κ2) is 13.5. The summed E-state index contributed by atoms with van der Waals surface area (Å²) in [5.74, 6) is 0.678.